The van der Waals surface area contributed by atoms with E-state index < -0.39 is 0 Å². The molecular weight excluding hydrogens is 316 g/mol. The van der Waals surface area contributed by atoms with Gasteiger partial charge in [-0.25, -0.2) is 0 Å². The van der Waals surface area contributed by atoms with Crippen LogP contribution in [0.3, 0.4) is 0 Å². The molecule has 2 rings (SSSR count). The largest absolute Gasteiger partial charge is 0.493 e. The first-order chi connectivity index (χ1) is 10.7. The molecule has 23 heavy (non-hydrogen) atoms. The van der Waals surface area contributed by atoms with E-state index in [1.807, 2.05) is 6.07 Å². The van der Waals surface area contributed by atoms with Gasteiger partial charge in [0.2, 0.25) is 0 Å². The summed E-state index contributed by atoms with van der Waals surface area (Å²) in [5.41, 5.74) is 0.602. The van der Waals surface area contributed by atoms with E-state index in [0.717, 1.165) is 38.8 Å². The van der Waals surface area contributed by atoms with Crippen molar-refractivity contribution in [3.63, 3.8) is 0 Å². The van der Waals surface area contributed by atoms with Crippen LogP contribution in [0.4, 0.5) is 0 Å². The summed E-state index contributed by atoms with van der Waals surface area (Å²) in [5.74, 6) is 1.23. The van der Waals surface area contributed by atoms with E-state index in [4.69, 9.17) is 9.47 Å². The zero-order chi connectivity index (χ0) is 15.8. The van der Waals surface area contributed by atoms with Gasteiger partial charge in [-0.15, -0.1) is 12.4 Å². The van der Waals surface area contributed by atoms with Crippen molar-refractivity contribution in [2.45, 2.75) is 38.6 Å². The fraction of sp³-hybridized carbons (Fsp3) is 0.588. The summed E-state index contributed by atoms with van der Waals surface area (Å²) in [5, 5.41) is 6.35. The number of methoxy groups -OCH3 is 1. The quantitative estimate of drug-likeness (QED) is 0.748. The number of halogens is 1. The van der Waals surface area contributed by atoms with Crippen LogP contribution in [0.2, 0.25) is 0 Å². The Morgan fingerprint density at radius 3 is 2.87 bits per heavy atom. The Balaban J connectivity index is 0.00000264. The highest BCUT2D eigenvalue weighted by Gasteiger charge is 2.17. The van der Waals surface area contributed by atoms with Gasteiger partial charge in [0.05, 0.1) is 13.7 Å². The molecule has 1 fully saturated rings. The number of hydrogen-bond donors (Lipinski definition) is 2. The van der Waals surface area contributed by atoms with Crippen LogP contribution in [0, 0.1) is 0 Å². The predicted molar refractivity (Wildman–Crippen MR) is 94.0 cm³/mol. The van der Waals surface area contributed by atoms with Crippen LogP contribution in [-0.2, 0) is 0 Å². The van der Waals surface area contributed by atoms with Crippen molar-refractivity contribution < 1.29 is 14.3 Å². The minimum absolute atomic E-state index is 0. The number of hydrogen-bond acceptors (Lipinski definition) is 4. The van der Waals surface area contributed by atoms with Gasteiger partial charge in [-0.2, -0.15) is 0 Å². The van der Waals surface area contributed by atoms with E-state index in [1.165, 1.54) is 0 Å². The van der Waals surface area contributed by atoms with Crippen LogP contribution in [0.15, 0.2) is 18.2 Å². The summed E-state index contributed by atoms with van der Waals surface area (Å²) >= 11 is 0. The van der Waals surface area contributed by atoms with Gasteiger partial charge < -0.3 is 20.1 Å². The lowest BCUT2D eigenvalue weighted by atomic mass is 10.1. The zero-order valence-electron chi connectivity index (χ0n) is 13.9. The Labute approximate surface area is 144 Å². The third-order valence-corrected chi connectivity index (χ3v) is 3.81. The SMILES string of the molecule is CCCCOc1ccc(C(=O)NC2CCCNC2)cc1OC.Cl. The number of rotatable bonds is 7. The molecule has 0 saturated carbocycles. The number of amides is 1. The van der Waals surface area contributed by atoms with Crippen LogP contribution < -0.4 is 20.1 Å². The second kappa shape index (κ2) is 10.3. The van der Waals surface area contributed by atoms with Crippen LogP contribution in [-0.4, -0.2) is 38.8 Å². The summed E-state index contributed by atoms with van der Waals surface area (Å²) in [7, 11) is 1.59. The molecular formula is C17H27ClN2O3. The molecule has 1 aromatic rings. The maximum absolute atomic E-state index is 12.3. The Kier molecular flexibility index (Phi) is 8.81. The maximum Gasteiger partial charge on any atom is 0.251 e. The molecule has 0 aromatic heterocycles. The molecule has 1 atom stereocenters. The summed E-state index contributed by atoms with van der Waals surface area (Å²) in [6, 6.07) is 5.54. The van der Waals surface area contributed by atoms with Crippen molar-refractivity contribution in [1.29, 1.82) is 0 Å². The standard InChI is InChI=1S/C17H26N2O3.ClH/c1-3-4-10-22-15-8-7-13(11-16(15)21-2)17(20)19-14-6-5-9-18-12-14;/h7-8,11,14,18H,3-6,9-10,12H2,1-2H3,(H,19,20);1H. The van der Waals surface area contributed by atoms with Crippen LogP contribution >= 0.6 is 12.4 Å². The Hall–Kier alpha value is -1.46. The van der Waals surface area contributed by atoms with Crippen LogP contribution in [0.1, 0.15) is 43.0 Å². The number of ether oxygens (including phenoxy) is 2. The lowest BCUT2D eigenvalue weighted by molar-refractivity contribution is 0.0930. The zero-order valence-corrected chi connectivity index (χ0v) is 14.7. The van der Waals surface area contributed by atoms with Crippen molar-refractivity contribution >= 4 is 18.3 Å². The van der Waals surface area contributed by atoms with Gasteiger partial charge in [0.1, 0.15) is 0 Å². The molecule has 1 aromatic carbocycles. The molecule has 1 unspecified atom stereocenters. The number of benzene rings is 1. The van der Waals surface area contributed by atoms with Gasteiger partial charge in [0.15, 0.2) is 11.5 Å². The van der Waals surface area contributed by atoms with Crippen LogP contribution in [0.5, 0.6) is 11.5 Å². The Morgan fingerprint density at radius 2 is 2.22 bits per heavy atom. The molecule has 130 valence electrons. The van der Waals surface area contributed by atoms with Gasteiger partial charge in [-0.1, -0.05) is 13.3 Å². The first-order valence-corrected chi connectivity index (χ1v) is 8.07. The van der Waals surface area contributed by atoms with Crippen molar-refractivity contribution in [3.8, 4) is 11.5 Å². The fourth-order valence-corrected chi connectivity index (χ4v) is 2.50. The highest BCUT2D eigenvalue weighted by atomic mass is 35.5. The Bertz CT molecular complexity index is 491. The van der Waals surface area contributed by atoms with E-state index in [1.54, 1.807) is 19.2 Å². The van der Waals surface area contributed by atoms with E-state index in [0.29, 0.717) is 23.7 Å². The molecule has 5 nitrogen and oxygen atoms in total. The molecule has 0 spiro atoms. The molecule has 1 aliphatic rings. The lowest BCUT2D eigenvalue weighted by Gasteiger charge is -2.24. The van der Waals surface area contributed by atoms with Crippen molar-refractivity contribution in [3.05, 3.63) is 23.8 Å². The summed E-state index contributed by atoms with van der Waals surface area (Å²) in [4.78, 5) is 12.3. The summed E-state index contributed by atoms with van der Waals surface area (Å²) in [6.45, 7) is 4.64. The molecule has 1 saturated heterocycles. The van der Waals surface area contributed by atoms with Gasteiger partial charge in [-0.05, 0) is 44.0 Å². The predicted octanol–water partition coefficient (Wildman–Crippen LogP) is 2.78. The number of piperidine rings is 1. The number of unbranched alkanes of at least 4 members (excludes halogenated alkanes) is 1. The average molecular weight is 343 g/mol. The Morgan fingerprint density at radius 1 is 1.39 bits per heavy atom. The summed E-state index contributed by atoms with van der Waals surface area (Å²) in [6.07, 6.45) is 4.20. The normalized spacial score (nSPS) is 17.0. The highest BCUT2D eigenvalue weighted by Crippen LogP contribution is 2.28. The molecule has 1 aliphatic heterocycles. The van der Waals surface area contributed by atoms with E-state index in [2.05, 4.69) is 17.6 Å². The molecule has 1 heterocycles. The molecule has 1 amide bonds. The third kappa shape index (κ3) is 5.92. The van der Waals surface area contributed by atoms with Gasteiger partial charge in [0.25, 0.3) is 5.91 Å². The first-order valence-electron chi connectivity index (χ1n) is 8.07. The number of carbonyl (C=O) groups excluding carboxylic acids is 1. The monoisotopic (exact) mass is 342 g/mol. The van der Waals surface area contributed by atoms with Crippen LogP contribution in [0.25, 0.3) is 0 Å². The summed E-state index contributed by atoms with van der Waals surface area (Å²) < 4.78 is 11.0. The molecule has 0 aliphatic carbocycles. The second-order valence-corrected chi connectivity index (χ2v) is 5.58. The fourth-order valence-electron chi connectivity index (χ4n) is 2.50. The second-order valence-electron chi connectivity index (χ2n) is 5.58. The smallest absolute Gasteiger partial charge is 0.251 e. The number of carbonyl (C=O) groups is 1. The first kappa shape index (κ1) is 19.6. The van der Waals surface area contributed by atoms with E-state index >= 15 is 0 Å². The van der Waals surface area contributed by atoms with Gasteiger partial charge in [0, 0.05) is 18.2 Å². The van der Waals surface area contributed by atoms with Gasteiger partial charge in [-0.3, -0.25) is 4.79 Å². The average Bonchev–Trinajstić information content (AvgIpc) is 2.56. The molecule has 0 bridgehead atoms. The van der Waals surface area contributed by atoms with Crippen molar-refractivity contribution in [2.75, 3.05) is 26.8 Å². The van der Waals surface area contributed by atoms with E-state index in [-0.39, 0.29) is 24.4 Å². The molecule has 2 N–H and O–H groups in total. The topological polar surface area (TPSA) is 59.6 Å². The highest BCUT2D eigenvalue weighted by molar-refractivity contribution is 5.95. The van der Waals surface area contributed by atoms with Crippen molar-refractivity contribution in [1.82, 2.24) is 10.6 Å². The van der Waals surface area contributed by atoms with E-state index in [9.17, 15) is 4.79 Å². The lowest BCUT2D eigenvalue weighted by Crippen LogP contribution is -2.45. The third-order valence-electron chi connectivity index (χ3n) is 3.81. The van der Waals surface area contributed by atoms with Gasteiger partial charge >= 0.3 is 0 Å². The number of nitrogens with one attached hydrogen (secondary N) is 2. The molecule has 0 radical (unpaired) electrons. The maximum atomic E-state index is 12.3. The minimum Gasteiger partial charge on any atom is -0.493 e. The molecule has 6 heteroatoms. The van der Waals surface area contributed by atoms with Crippen molar-refractivity contribution in [2.24, 2.45) is 0 Å². The minimum atomic E-state index is -0.0629.